The Labute approximate surface area is 210 Å². The number of cyclic esters (lactones) is 1. The Hall–Kier alpha value is -2.18. The van der Waals surface area contributed by atoms with Crippen molar-refractivity contribution in [2.45, 2.75) is 80.6 Å². The highest BCUT2D eigenvalue weighted by Crippen LogP contribution is 2.46. The molecule has 2 fully saturated rings. The average Bonchev–Trinajstić information content (AvgIpc) is 3.33. The second-order valence-corrected chi connectivity index (χ2v) is 11.1. The third-order valence-electron chi connectivity index (χ3n) is 6.67. The predicted molar refractivity (Wildman–Crippen MR) is 134 cm³/mol. The van der Waals surface area contributed by atoms with Gasteiger partial charge in [0.05, 0.1) is 11.1 Å². The van der Waals surface area contributed by atoms with Crippen LogP contribution >= 0.6 is 23.4 Å². The topological polar surface area (TPSA) is 72.8 Å². The van der Waals surface area contributed by atoms with E-state index in [1.54, 1.807) is 24.3 Å². The Morgan fingerprint density at radius 1 is 1.15 bits per heavy atom. The molecule has 1 aliphatic heterocycles. The van der Waals surface area contributed by atoms with Gasteiger partial charge in [-0.15, -0.1) is 11.8 Å². The summed E-state index contributed by atoms with van der Waals surface area (Å²) in [4.78, 5) is 27.1. The van der Waals surface area contributed by atoms with Crippen LogP contribution in [0, 0.1) is 5.92 Å². The van der Waals surface area contributed by atoms with E-state index in [4.69, 9.17) is 21.1 Å². The fourth-order valence-electron chi connectivity index (χ4n) is 5.01. The highest BCUT2D eigenvalue weighted by atomic mass is 35.5. The SMILES string of the molecule is CC(C)Oc1ccc(CCC2(C3CCCC3)CC(=O)C(Sc3ccc(O)cc3)C(=O)O2)cc1Cl. The van der Waals surface area contributed by atoms with E-state index in [-0.39, 0.29) is 30.0 Å². The Kier molecular flexibility index (Phi) is 7.78. The van der Waals surface area contributed by atoms with Crippen LogP contribution in [-0.4, -0.2) is 33.8 Å². The summed E-state index contributed by atoms with van der Waals surface area (Å²) in [6, 6.07) is 12.3. The molecule has 182 valence electrons. The lowest BCUT2D eigenvalue weighted by Crippen LogP contribution is -2.53. The fourth-order valence-corrected chi connectivity index (χ4v) is 6.18. The van der Waals surface area contributed by atoms with E-state index in [1.807, 2.05) is 32.0 Å². The largest absolute Gasteiger partial charge is 0.508 e. The summed E-state index contributed by atoms with van der Waals surface area (Å²) in [5, 5.41) is 9.18. The van der Waals surface area contributed by atoms with Crippen molar-refractivity contribution in [3.63, 3.8) is 0 Å². The number of aryl methyl sites for hydroxylation is 1. The summed E-state index contributed by atoms with van der Waals surface area (Å²) in [6.45, 7) is 3.91. The van der Waals surface area contributed by atoms with Gasteiger partial charge >= 0.3 is 5.97 Å². The van der Waals surface area contributed by atoms with Crippen LogP contribution in [-0.2, 0) is 20.7 Å². The van der Waals surface area contributed by atoms with E-state index >= 15 is 0 Å². The van der Waals surface area contributed by atoms with Crippen molar-refractivity contribution in [2.75, 3.05) is 0 Å². The quantitative estimate of drug-likeness (QED) is 0.334. The first-order valence-corrected chi connectivity index (χ1v) is 13.2. The van der Waals surface area contributed by atoms with Gasteiger partial charge in [0.2, 0.25) is 0 Å². The molecule has 0 bridgehead atoms. The fraction of sp³-hybridized carbons (Fsp3) is 0.481. The maximum Gasteiger partial charge on any atom is 0.327 e. The lowest BCUT2D eigenvalue weighted by atomic mass is 9.76. The number of hydrogen-bond acceptors (Lipinski definition) is 6. The highest BCUT2D eigenvalue weighted by molar-refractivity contribution is 8.01. The number of benzene rings is 2. The number of phenols is 1. The molecule has 1 N–H and O–H groups in total. The molecule has 1 aliphatic carbocycles. The van der Waals surface area contributed by atoms with Crippen molar-refractivity contribution in [3.8, 4) is 11.5 Å². The third-order valence-corrected chi connectivity index (χ3v) is 8.20. The number of phenolic OH excluding ortho intramolecular Hbond substituents is 1. The highest BCUT2D eigenvalue weighted by Gasteiger charge is 2.51. The molecule has 0 spiro atoms. The summed E-state index contributed by atoms with van der Waals surface area (Å²) in [7, 11) is 0. The summed E-state index contributed by atoms with van der Waals surface area (Å²) >= 11 is 7.62. The number of esters is 1. The van der Waals surface area contributed by atoms with Crippen molar-refractivity contribution in [1.29, 1.82) is 0 Å². The number of Topliss-reactive ketones (excluding diaryl/α,β-unsaturated/α-hetero) is 1. The molecule has 5 nitrogen and oxygen atoms in total. The van der Waals surface area contributed by atoms with E-state index < -0.39 is 16.8 Å². The van der Waals surface area contributed by atoms with Crippen molar-refractivity contribution in [3.05, 3.63) is 53.1 Å². The molecule has 4 rings (SSSR count). The minimum atomic E-state index is -0.874. The number of ketones is 1. The number of aromatic hydroxyl groups is 1. The van der Waals surface area contributed by atoms with Gasteiger partial charge in [0.25, 0.3) is 0 Å². The van der Waals surface area contributed by atoms with Crippen LogP contribution in [0.15, 0.2) is 47.4 Å². The number of hydrogen-bond donors (Lipinski definition) is 1. The number of carbonyl (C=O) groups excluding carboxylic acids is 2. The molecule has 1 heterocycles. The van der Waals surface area contributed by atoms with Crippen molar-refractivity contribution in [1.82, 2.24) is 0 Å². The minimum absolute atomic E-state index is 0.0361. The van der Waals surface area contributed by atoms with Gasteiger partial charge in [-0.2, -0.15) is 0 Å². The number of rotatable bonds is 8. The van der Waals surface area contributed by atoms with Gasteiger partial charge in [0.15, 0.2) is 11.0 Å². The first-order chi connectivity index (χ1) is 16.3. The zero-order valence-corrected chi connectivity index (χ0v) is 21.2. The lowest BCUT2D eigenvalue weighted by Gasteiger charge is -2.43. The lowest BCUT2D eigenvalue weighted by molar-refractivity contribution is -0.177. The van der Waals surface area contributed by atoms with E-state index in [0.29, 0.717) is 23.6 Å². The van der Waals surface area contributed by atoms with Crippen molar-refractivity contribution in [2.24, 2.45) is 5.92 Å². The second kappa shape index (κ2) is 10.6. The Morgan fingerprint density at radius 2 is 1.85 bits per heavy atom. The first kappa shape index (κ1) is 24.9. The van der Waals surface area contributed by atoms with Crippen LogP contribution in [0.5, 0.6) is 11.5 Å². The van der Waals surface area contributed by atoms with Crippen LogP contribution in [0.25, 0.3) is 0 Å². The molecule has 2 atom stereocenters. The summed E-state index contributed by atoms with van der Waals surface area (Å²) in [5.74, 6) is 0.448. The smallest absolute Gasteiger partial charge is 0.327 e. The zero-order chi connectivity index (χ0) is 24.3. The molecule has 7 heteroatoms. The average molecular weight is 503 g/mol. The molecule has 34 heavy (non-hydrogen) atoms. The molecule has 2 unspecified atom stereocenters. The van der Waals surface area contributed by atoms with Crippen LogP contribution in [0.1, 0.15) is 57.9 Å². The second-order valence-electron chi connectivity index (χ2n) is 9.53. The summed E-state index contributed by atoms with van der Waals surface area (Å²) in [5.41, 5.74) is 0.263. The molecule has 2 aromatic rings. The monoisotopic (exact) mass is 502 g/mol. The van der Waals surface area contributed by atoms with Gasteiger partial charge < -0.3 is 14.6 Å². The van der Waals surface area contributed by atoms with Crippen molar-refractivity contribution >= 4 is 35.1 Å². The molecule has 0 radical (unpaired) electrons. The first-order valence-electron chi connectivity index (χ1n) is 11.9. The molecular formula is C27H31ClO5S. The summed E-state index contributed by atoms with van der Waals surface area (Å²) in [6.07, 6.45) is 5.65. The van der Waals surface area contributed by atoms with E-state index in [2.05, 4.69) is 0 Å². The maximum absolute atomic E-state index is 13.3. The van der Waals surface area contributed by atoms with E-state index in [1.165, 1.54) is 11.8 Å². The minimum Gasteiger partial charge on any atom is -0.508 e. The molecule has 0 aromatic heterocycles. The number of ether oxygens (including phenoxy) is 2. The Balaban J connectivity index is 1.49. The molecule has 1 saturated carbocycles. The van der Waals surface area contributed by atoms with E-state index in [0.717, 1.165) is 36.1 Å². The van der Waals surface area contributed by atoms with Gasteiger partial charge in [0, 0.05) is 11.3 Å². The van der Waals surface area contributed by atoms with Crippen LogP contribution in [0.3, 0.4) is 0 Å². The third kappa shape index (κ3) is 5.72. The van der Waals surface area contributed by atoms with Crippen LogP contribution in [0.2, 0.25) is 5.02 Å². The molecule has 2 aliphatic rings. The molecule has 0 amide bonds. The van der Waals surface area contributed by atoms with Gasteiger partial charge in [-0.25, -0.2) is 0 Å². The number of halogens is 1. The number of carbonyl (C=O) groups is 2. The normalized spacial score (nSPS) is 23.4. The van der Waals surface area contributed by atoms with Gasteiger partial charge in [0.1, 0.15) is 17.1 Å². The van der Waals surface area contributed by atoms with Gasteiger partial charge in [-0.05, 0) is 87.4 Å². The molecular weight excluding hydrogens is 472 g/mol. The van der Waals surface area contributed by atoms with E-state index in [9.17, 15) is 14.7 Å². The Bertz CT molecular complexity index is 1010. The molecule has 1 saturated heterocycles. The Morgan fingerprint density at radius 3 is 2.47 bits per heavy atom. The summed E-state index contributed by atoms with van der Waals surface area (Å²) < 4.78 is 11.9. The maximum atomic E-state index is 13.3. The van der Waals surface area contributed by atoms with Crippen LogP contribution < -0.4 is 4.74 Å². The van der Waals surface area contributed by atoms with Gasteiger partial charge in [-0.3, -0.25) is 9.59 Å². The standard InChI is InChI=1S/C27H31ClO5S/c1-17(2)32-24-12-7-18(15-22(24)28)13-14-27(19-5-3-4-6-19)16-23(30)25(26(31)33-27)34-21-10-8-20(29)9-11-21/h7-12,15,17,19,25,29H,3-6,13-14,16H2,1-2H3. The van der Waals surface area contributed by atoms with Gasteiger partial charge in [-0.1, -0.05) is 30.5 Å². The zero-order valence-electron chi connectivity index (χ0n) is 19.6. The predicted octanol–water partition coefficient (Wildman–Crippen LogP) is 6.37. The molecule has 2 aromatic carbocycles. The van der Waals surface area contributed by atoms with Crippen LogP contribution in [0.4, 0.5) is 0 Å². The van der Waals surface area contributed by atoms with Crippen molar-refractivity contribution < 1.29 is 24.2 Å². The number of thioether (sulfide) groups is 1.